The SMILES string of the molecule is CCCCSS/N=C/c1cccnc1Br. The molecule has 15 heavy (non-hydrogen) atoms. The van der Waals surface area contributed by atoms with Crippen LogP contribution in [0.2, 0.25) is 0 Å². The number of halogens is 1. The van der Waals surface area contributed by atoms with Crippen molar-refractivity contribution in [2.24, 2.45) is 4.40 Å². The molecule has 1 rings (SSSR count). The maximum absolute atomic E-state index is 4.26. The Morgan fingerprint density at radius 3 is 3.20 bits per heavy atom. The molecular formula is C10H13BrN2S2. The molecule has 0 aliphatic carbocycles. The van der Waals surface area contributed by atoms with Gasteiger partial charge in [-0.05, 0) is 34.5 Å². The van der Waals surface area contributed by atoms with Crippen LogP contribution in [-0.2, 0) is 0 Å². The van der Waals surface area contributed by atoms with Gasteiger partial charge in [-0.2, -0.15) is 0 Å². The molecular weight excluding hydrogens is 292 g/mol. The molecule has 1 aromatic rings. The molecule has 0 saturated heterocycles. The van der Waals surface area contributed by atoms with E-state index >= 15 is 0 Å². The van der Waals surface area contributed by atoms with Gasteiger partial charge in [-0.3, -0.25) is 0 Å². The second-order valence-electron chi connectivity index (χ2n) is 2.87. The number of hydrogen-bond acceptors (Lipinski definition) is 4. The summed E-state index contributed by atoms with van der Waals surface area (Å²) in [5, 5.41) is 0. The van der Waals surface area contributed by atoms with E-state index in [1.54, 1.807) is 17.0 Å². The van der Waals surface area contributed by atoms with Crippen LogP contribution in [0.5, 0.6) is 0 Å². The molecule has 0 spiro atoms. The van der Waals surface area contributed by atoms with Gasteiger partial charge >= 0.3 is 0 Å². The Labute approximate surface area is 107 Å². The predicted molar refractivity (Wildman–Crippen MR) is 74.5 cm³/mol. The highest BCUT2D eigenvalue weighted by Crippen LogP contribution is 2.23. The third-order valence-corrected chi connectivity index (χ3v) is 4.15. The molecule has 0 aliphatic heterocycles. The van der Waals surface area contributed by atoms with Crippen LogP contribution in [0.15, 0.2) is 27.3 Å². The van der Waals surface area contributed by atoms with Gasteiger partial charge in [0, 0.05) is 34.7 Å². The van der Waals surface area contributed by atoms with Crippen molar-refractivity contribution in [2.75, 3.05) is 5.75 Å². The van der Waals surface area contributed by atoms with E-state index in [9.17, 15) is 0 Å². The number of unbranched alkanes of at least 4 members (excludes halogenated alkanes) is 1. The van der Waals surface area contributed by atoms with Gasteiger partial charge in [0.05, 0.1) is 0 Å². The highest BCUT2D eigenvalue weighted by molar-refractivity contribution is 9.10. The quantitative estimate of drug-likeness (QED) is 0.257. The lowest BCUT2D eigenvalue weighted by atomic mass is 10.3. The fourth-order valence-corrected chi connectivity index (χ4v) is 2.78. The number of nitrogens with zero attached hydrogens (tertiary/aromatic N) is 2. The van der Waals surface area contributed by atoms with Gasteiger partial charge < -0.3 is 0 Å². The van der Waals surface area contributed by atoms with Gasteiger partial charge in [0.25, 0.3) is 0 Å². The summed E-state index contributed by atoms with van der Waals surface area (Å²) in [5.74, 6) is 1.16. The first-order valence-electron chi connectivity index (χ1n) is 4.77. The number of pyridine rings is 1. The van der Waals surface area contributed by atoms with Crippen LogP contribution in [0.25, 0.3) is 0 Å². The van der Waals surface area contributed by atoms with Gasteiger partial charge in [-0.1, -0.05) is 24.1 Å². The van der Waals surface area contributed by atoms with Crippen LogP contribution in [0.1, 0.15) is 25.3 Å². The van der Waals surface area contributed by atoms with Gasteiger partial charge in [-0.25, -0.2) is 9.38 Å². The van der Waals surface area contributed by atoms with Crippen molar-refractivity contribution < 1.29 is 0 Å². The summed E-state index contributed by atoms with van der Waals surface area (Å²) in [4.78, 5) is 4.12. The van der Waals surface area contributed by atoms with E-state index in [0.717, 1.165) is 15.9 Å². The molecule has 0 radical (unpaired) electrons. The van der Waals surface area contributed by atoms with Crippen molar-refractivity contribution in [1.82, 2.24) is 4.98 Å². The van der Waals surface area contributed by atoms with Gasteiger partial charge in [-0.15, -0.1) is 0 Å². The minimum absolute atomic E-state index is 0.841. The molecule has 1 aromatic heterocycles. The van der Waals surface area contributed by atoms with Gasteiger partial charge in [0.15, 0.2) is 0 Å². The zero-order valence-corrected chi connectivity index (χ0v) is 11.7. The number of aromatic nitrogens is 1. The molecule has 0 aliphatic rings. The second kappa shape index (κ2) is 8.19. The normalized spacial score (nSPS) is 11.1. The third kappa shape index (κ3) is 5.58. The van der Waals surface area contributed by atoms with E-state index in [0.29, 0.717) is 0 Å². The van der Waals surface area contributed by atoms with Gasteiger partial charge in [0.1, 0.15) is 4.60 Å². The lowest BCUT2D eigenvalue weighted by Crippen LogP contribution is -1.84. The summed E-state index contributed by atoms with van der Waals surface area (Å²) in [7, 11) is 3.32. The third-order valence-electron chi connectivity index (χ3n) is 1.66. The number of hydrogen-bond donors (Lipinski definition) is 0. The van der Waals surface area contributed by atoms with Crippen molar-refractivity contribution in [3.8, 4) is 0 Å². The zero-order valence-electron chi connectivity index (χ0n) is 8.52. The molecule has 1 heterocycles. The predicted octanol–water partition coefficient (Wildman–Crippen LogP) is 4.36. The van der Waals surface area contributed by atoms with E-state index in [4.69, 9.17) is 0 Å². The Morgan fingerprint density at radius 1 is 1.60 bits per heavy atom. The second-order valence-corrected chi connectivity index (χ2v) is 5.78. The van der Waals surface area contributed by atoms with E-state index in [2.05, 4.69) is 32.2 Å². The molecule has 0 amide bonds. The highest BCUT2D eigenvalue weighted by atomic mass is 79.9. The maximum Gasteiger partial charge on any atom is 0.114 e. The first kappa shape index (κ1) is 13.1. The lowest BCUT2D eigenvalue weighted by Gasteiger charge is -1.95. The van der Waals surface area contributed by atoms with Gasteiger partial charge in [0.2, 0.25) is 0 Å². The summed E-state index contributed by atoms with van der Waals surface area (Å²) >= 11 is 3.37. The summed E-state index contributed by atoms with van der Waals surface area (Å²) in [6, 6.07) is 3.89. The van der Waals surface area contributed by atoms with Crippen molar-refractivity contribution in [3.63, 3.8) is 0 Å². The van der Waals surface area contributed by atoms with Crippen molar-refractivity contribution in [3.05, 3.63) is 28.5 Å². The molecule has 0 atom stereocenters. The van der Waals surface area contributed by atoms with Crippen LogP contribution in [0.3, 0.4) is 0 Å². The molecule has 2 nitrogen and oxygen atoms in total. The largest absolute Gasteiger partial charge is 0.249 e. The smallest absolute Gasteiger partial charge is 0.114 e. The monoisotopic (exact) mass is 304 g/mol. The minimum atomic E-state index is 0.841. The molecule has 0 saturated carbocycles. The van der Waals surface area contributed by atoms with Crippen molar-refractivity contribution >= 4 is 43.9 Å². The molecule has 0 bridgehead atoms. The van der Waals surface area contributed by atoms with Crippen LogP contribution in [0.4, 0.5) is 0 Å². The summed E-state index contributed by atoms with van der Waals surface area (Å²) < 4.78 is 5.10. The lowest BCUT2D eigenvalue weighted by molar-refractivity contribution is 0.898. The maximum atomic E-state index is 4.26. The molecule has 0 N–H and O–H groups in total. The Morgan fingerprint density at radius 2 is 2.47 bits per heavy atom. The molecule has 82 valence electrons. The van der Waals surface area contributed by atoms with Crippen molar-refractivity contribution in [1.29, 1.82) is 0 Å². The van der Waals surface area contributed by atoms with E-state index in [1.165, 1.54) is 23.8 Å². The Balaban J connectivity index is 2.29. The standard InChI is InChI=1S/C10H13BrN2S2/c1-2-3-7-14-15-13-8-9-5-4-6-12-10(9)11/h4-6,8H,2-3,7H2,1H3/b13-8+. The van der Waals surface area contributed by atoms with Crippen LogP contribution < -0.4 is 0 Å². The highest BCUT2D eigenvalue weighted by Gasteiger charge is 1.94. The first-order chi connectivity index (χ1) is 7.34. The molecule has 5 heteroatoms. The summed E-state index contributed by atoms with van der Waals surface area (Å²) in [6.07, 6.45) is 6.08. The zero-order chi connectivity index (χ0) is 10.9. The Bertz CT molecular complexity index is 318. The summed E-state index contributed by atoms with van der Waals surface area (Å²) in [6.45, 7) is 2.20. The Hall–Kier alpha value is -0.000000000000000111. The van der Waals surface area contributed by atoms with Crippen LogP contribution >= 0.6 is 37.7 Å². The molecule has 0 unspecified atom stereocenters. The minimum Gasteiger partial charge on any atom is -0.249 e. The Kier molecular flexibility index (Phi) is 7.13. The first-order valence-corrected chi connectivity index (χ1v) is 7.84. The van der Waals surface area contributed by atoms with E-state index in [1.807, 2.05) is 18.3 Å². The van der Waals surface area contributed by atoms with E-state index < -0.39 is 0 Å². The average Bonchev–Trinajstić information content (AvgIpc) is 2.25. The molecule has 0 fully saturated rings. The average molecular weight is 305 g/mol. The van der Waals surface area contributed by atoms with Crippen LogP contribution in [0, 0.1) is 0 Å². The number of rotatable bonds is 6. The van der Waals surface area contributed by atoms with Crippen molar-refractivity contribution in [2.45, 2.75) is 19.8 Å². The fourth-order valence-electron chi connectivity index (χ4n) is 0.844. The topological polar surface area (TPSA) is 25.2 Å². The van der Waals surface area contributed by atoms with Crippen LogP contribution in [-0.4, -0.2) is 17.0 Å². The summed E-state index contributed by atoms with van der Waals surface area (Å²) in [5.41, 5.74) is 1.01. The fraction of sp³-hybridized carbons (Fsp3) is 0.400. The molecule has 0 aromatic carbocycles. The van der Waals surface area contributed by atoms with E-state index in [-0.39, 0.29) is 0 Å².